The number of rotatable bonds is 5. The van der Waals surface area contributed by atoms with Crippen LogP contribution in [0.5, 0.6) is 0 Å². The molecule has 0 radical (unpaired) electrons. The molecule has 2 saturated carbocycles. The van der Waals surface area contributed by atoms with Crippen molar-refractivity contribution in [2.45, 2.75) is 42.8 Å². The lowest BCUT2D eigenvalue weighted by atomic mass is 10.1. The van der Waals surface area contributed by atoms with Gasteiger partial charge >= 0.3 is 0 Å². The highest BCUT2D eigenvalue weighted by Crippen LogP contribution is 2.59. The van der Waals surface area contributed by atoms with Gasteiger partial charge < -0.3 is 5.11 Å². The molecule has 3 atom stereocenters. The van der Waals surface area contributed by atoms with Crippen molar-refractivity contribution in [3.05, 3.63) is 65.7 Å². The molecule has 2 aliphatic carbocycles. The van der Waals surface area contributed by atoms with Gasteiger partial charge in [0.2, 0.25) is 10.0 Å². The van der Waals surface area contributed by atoms with Crippen molar-refractivity contribution in [2.24, 2.45) is 5.92 Å². The Morgan fingerprint density at radius 3 is 2.35 bits per heavy atom. The first-order chi connectivity index (χ1) is 12.4. The second-order valence-electron chi connectivity index (χ2n) is 7.25. The van der Waals surface area contributed by atoms with Crippen LogP contribution in [0, 0.1) is 12.8 Å². The lowest BCUT2D eigenvalue weighted by molar-refractivity contribution is -0.129. The zero-order valence-electron chi connectivity index (χ0n) is 14.5. The van der Waals surface area contributed by atoms with Gasteiger partial charge in [-0.1, -0.05) is 48.0 Å². The molecule has 0 heterocycles. The van der Waals surface area contributed by atoms with E-state index in [9.17, 15) is 18.3 Å². The van der Waals surface area contributed by atoms with Crippen molar-refractivity contribution >= 4 is 15.8 Å². The molecule has 2 aromatic rings. The number of hydrogen-bond donors (Lipinski definition) is 1. The maximum atomic E-state index is 13.4. The number of hydrogen-bond acceptors (Lipinski definition) is 4. The Bertz CT molecular complexity index is 940. The van der Waals surface area contributed by atoms with E-state index < -0.39 is 21.7 Å². The van der Waals surface area contributed by atoms with Crippen LogP contribution in [-0.2, 0) is 21.4 Å². The van der Waals surface area contributed by atoms with Crippen LogP contribution in [0.1, 0.15) is 24.0 Å². The molecule has 6 heteroatoms. The molecule has 4 rings (SSSR count). The summed E-state index contributed by atoms with van der Waals surface area (Å²) in [4.78, 5) is 12.9. The van der Waals surface area contributed by atoms with Crippen LogP contribution in [0.3, 0.4) is 0 Å². The predicted molar refractivity (Wildman–Crippen MR) is 96.8 cm³/mol. The Balaban J connectivity index is 1.79. The Morgan fingerprint density at radius 2 is 1.77 bits per heavy atom. The molecule has 1 N–H and O–H groups in total. The highest BCUT2D eigenvalue weighted by molar-refractivity contribution is 7.89. The fraction of sp³-hybridized carbons (Fsp3) is 0.350. The van der Waals surface area contributed by atoms with E-state index >= 15 is 0 Å². The van der Waals surface area contributed by atoms with Crippen molar-refractivity contribution in [1.82, 2.24) is 4.31 Å². The largest absolute Gasteiger partial charge is 0.385 e. The summed E-state index contributed by atoms with van der Waals surface area (Å²) in [5, 5.41) is 9.98. The summed E-state index contributed by atoms with van der Waals surface area (Å²) in [6, 6.07) is 15.9. The van der Waals surface area contributed by atoms with E-state index in [0.29, 0.717) is 12.8 Å². The summed E-state index contributed by atoms with van der Waals surface area (Å²) in [5.41, 5.74) is 0.685. The van der Waals surface area contributed by atoms with E-state index in [2.05, 4.69) is 0 Å². The smallest absolute Gasteiger partial charge is 0.244 e. The maximum absolute atomic E-state index is 13.4. The number of Topliss-reactive ketones (excluding diaryl/α,β-unsaturated/α-hetero) is 1. The molecule has 0 aromatic heterocycles. The van der Waals surface area contributed by atoms with Gasteiger partial charge in [0, 0.05) is 6.54 Å². The Hall–Kier alpha value is -2.02. The van der Waals surface area contributed by atoms with Crippen LogP contribution in [-0.4, -0.2) is 35.3 Å². The van der Waals surface area contributed by atoms with Gasteiger partial charge in [0.15, 0.2) is 5.78 Å². The van der Waals surface area contributed by atoms with E-state index in [0.717, 1.165) is 11.1 Å². The summed E-state index contributed by atoms with van der Waals surface area (Å²) < 4.78 is 28.1. The molecule has 0 amide bonds. The molecule has 0 saturated heterocycles. The summed E-state index contributed by atoms with van der Waals surface area (Å²) in [5.74, 6) is -0.469. The maximum Gasteiger partial charge on any atom is 0.244 e. The summed E-state index contributed by atoms with van der Waals surface area (Å²) >= 11 is 0. The normalized spacial score (nSPS) is 27.6. The molecule has 0 bridgehead atoms. The first kappa shape index (κ1) is 17.4. The fourth-order valence-corrected chi connectivity index (χ4v) is 5.81. The number of aliphatic hydroxyl groups is 1. The van der Waals surface area contributed by atoms with Gasteiger partial charge in [-0.25, -0.2) is 8.42 Å². The van der Waals surface area contributed by atoms with Crippen LogP contribution in [0.2, 0.25) is 0 Å². The summed E-state index contributed by atoms with van der Waals surface area (Å²) in [6.07, 6.45) is -0.241. The van der Waals surface area contributed by atoms with Crippen molar-refractivity contribution in [1.29, 1.82) is 0 Å². The number of aryl methyl sites for hydroxylation is 1. The molecule has 136 valence electrons. The molecular weight excluding hydrogens is 350 g/mol. The van der Waals surface area contributed by atoms with Crippen molar-refractivity contribution in [3.8, 4) is 0 Å². The second-order valence-corrected chi connectivity index (χ2v) is 9.11. The van der Waals surface area contributed by atoms with Gasteiger partial charge in [0.05, 0.1) is 4.90 Å². The number of carbonyl (C=O) groups is 1. The Morgan fingerprint density at radius 1 is 1.12 bits per heavy atom. The van der Waals surface area contributed by atoms with Crippen molar-refractivity contribution in [2.75, 3.05) is 0 Å². The van der Waals surface area contributed by atoms with E-state index in [-0.39, 0.29) is 23.1 Å². The first-order valence-electron chi connectivity index (χ1n) is 8.71. The highest BCUT2D eigenvalue weighted by atomic mass is 32.2. The predicted octanol–water partition coefficient (Wildman–Crippen LogP) is 2.28. The molecule has 26 heavy (non-hydrogen) atoms. The molecular formula is C20H21NO4S. The number of aliphatic hydroxyl groups excluding tert-OH is 1. The third-order valence-electron chi connectivity index (χ3n) is 5.53. The van der Waals surface area contributed by atoms with E-state index in [1.165, 1.54) is 4.31 Å². The number of nitrogens with zero attached hydrogens (tertiary/aromatic N) is 1. The van der Waals surface area contributed by atoms with Gasteiger partial charge in [-0.05, 0) is 43.4 Å². The third kappa shape index (κ3) is 2.60. The lowest BCUT2D eigenvalue weighted by Crippen LogP contribution is -2.48. The van der Waals surface area contributed by atoms with Crippen LogP contribution in [0.4, 0.5) is 0 Å². The standard InChI is InChI=1S/C20H21NO4S/c1-14-7-9-17(10-8-14)26(24,25)21(13-15-5-3-2-4-6-15)20-12-16(20)11-18(22)19(20)23/h2-10,16,18,22H,11-13H2,1H3/t16-,18+,20-/m1/s1. The zero-order valence-corrected chi connectivity index (χ0v) is 15.3. The summed E-state index contributed by atoms with van der Waals surface area (Å²) in [7, 11) is -3.87. The average molecular weight is 371 g/mol. The van der Waals surface area contributed by atoms with E-state index in [1.807, 2.05) is 37.3 Å². The molecule has 5 nitrogen and oxygen atoms in total. The lowest BCUT2D eigenvalue weighted by Gasteiger charge is -2.29. The average Bonchev–Trinajstić information content (AvgIpc) is 3.28. The fourth-order valence-electron chi connectivity index (χ4n) is 4.02. The number of ketones is 1. The van der Waals surface area contributed by atoms with Crippen molar-refractivity contribution in [3.63, 3.8) is 0 Å². The Labute approximate surface area is 153 Å². The molecule has 0 aliphatic heterocycles. The minimum atomic E-state index is -3.87. The topological polar surface area (TPSA) is 74.7 Å². The molecule has 2 fully saturated rings. The monoisotopic (exact) mass is 371 g/mol. The van der Waals surface area contributed by atoms with E-state index in [4.69, 9.17) is 0 Å². The SMILES string of the molecule is Cc1ccc(S(=O)(=O)N(Cc2ccccc2)[C@]23C[C@H]2C[C@H](O)C3=O)cc1. The zero-order chi connectivity index (χ0) is 18.5. The number of fused-ring (bicyclic) bond motifs is 1. The van der Waals surface area contributed by atoms with Crippen LogP contribution in [0.25, 0.3) is 0 Å². The van der Waals surface area contributed by atoms with Gasteiger partial charge in [0.25, 0.3) is 0 Å². The summed E-state index contributed by atoms with van der Waals surface area (Å²) in [6.45, 7) is 2.01. The molecule has 0 unspecified atom stereocenters. The number of sulfonamides is 1. The van der Waals surface area contributed by atoms with Crippen LogP contribution < -0.4 is 0 Å². The number of carbonyl (C=O) groups excluding carboxylic acids is 1. The minimum absolute atomic E-state index is 0.103. The van der Waals surface area contributed by atoms with Crippen molar-refractivity contribution < 1.29 is 18.3 Å². The van der Waals surface area contributed by atoms with Gasteiger partial charge in [-0.2, -0.15) is 4.31 Å². The van der Waals surface area contributed by atoms with Crippen LogP contribution >= 0.6 is 0 Å². The third-order valence-corrected chi connectivity index (χ3v) is 7.44. The van der Waals surface area contributed by atoms with Gasteiger partial charge in [-0.15, -0.1) is 0 Å². The minimum Gasteiger partial charge on any atom is -0.385 e. The molecule has 2 aromatic carbocycles. The van der Waals surface area contributed by atoms with E-state index in [1.54, 1.807) is 24.3 Å². The second kappa shape index (κ2) is 6.01. The quantitative estimate of drug-likeness (QED) is 0.875. The van der Waals surface area contributed by atoms with Gasteiger partial charge in [0.1, 0.15) is 11.6 Å². The number of benzene rings is 2. The molecule has 2 aliphatic rings. The van der Waals surface area contributed by atoms with Gasteiger partial charge in [-0.3, -0.25) is 4.79 Å². The molecule has 0 spiro atoms. The van der Waals surface area contributed by atoms with Crippen LogP contribution in [0.15, 0.2) is 59.5 Å². The Kier molecular flexibility index (Phi) is 4.02. The highest BCUT2D eigenvalue weighted by Gasteiger charge is 2.71. The first-order valence-corrected chi connectivity index (χ1v) is 10.2.